The van der Waals surface area contributed by atoms with E-state index in [1.54, 1.807) is 38.1 Å². The molecule has 0 spiro atoms. The van der Waals surface area contributed by atoms with Crippen LogP contribution in [0.25, 0.3) is 11.2 Å². The normalized spacial score (nSPS) is 17.6. The molecule has 1 aliphatic carbocycles. The third-order valence-electron chi connectivity index (χ3n) is 8.86. The average molecular weight is 611 g/mol. The maximum absolute atomic E-state index is 14.4. The van der Waals surface area contributed by atoms with Crippen LogP contribution in [-0.2, 0) is 18.0 Å². The van der Waals surface area contributed by atoms with Crippen molar-refractivity contribution in [2.75, 3.05) is 13.1 Å². The maximum Gasteiger partial charge on any atom is 0.418 e. The van der Waals surface area contributed by atoms with Gasteiger partial charge < -0.3 is 14.2 Å². The number of ether oxygens (including phenoxy) is 1. The number of carbonyl (C=O) groups is 1. The predicted octanol–water partition coefficient (Wildman–Crippen LogP) is 6.28. The Morgan fingerprint density at radius 3 is 2.36 bits per heavy atom. The molecule has 1 atom stereocenters. The Labute approximate surface area is 253 Å². The second kappa shape index (κ2) is 11.1. The molecule has 1 aromatic carbocycles. The summed E-state index contributed by atoms with van der Waals surface area (Å²) in [6, 6.07) is 8.57. The zero-order chi connectivity index (χ0) is 31.4. The van der Waals surface area contributed by atoms with E-state index in [4.69, 9.17) is 4.74 Å². The molecule has 2 aliphatic rings. The summed E-state index contributed by atoms with van der Waals surface area (Å²) in [4.78, 5) is 27.8. The first-order valence-electron chi connectivity index (χ1n) is 15.1. The number of benzene rings is 1. The molecule has 4 heterocycles. The number of carbonyl (C=O) groups excluding carboxylic acids is 1. The van der Waals surface area contributed by atoms with Crippen molar-refractivity contribution in [1.29, 1.82) is 0 Å². The van der Waals surface area contributed by atoms with Crippen LogP contribution in [-0.4, -0.2) is 53.4 Å². The van der Waals surface area contributed by atoms with Gasteiger partial charge >= 0.3 is 18.0 Å². The number of hydrogen-bond donors (Lipinski definition) is 0. The number of alkyl halides is 3. The summed E-state index contributed by atoms with van der Waals surface area (Å²) in [7, 11) is 1.90. The Hall–Kier alpha value is -4.09. The van der Waals surface area contributed by atoms with Gasteiger partial charge in [-0.05, 0) is 87.6 Å². The lowest BCUT2D eigenvalue weighted by Gasteiger charge is -2.33. The second-order valence-electron chi connectivity index (χ2n) is 13.0. The van der Waals surface area contributed by atoms with Gasteiger partial charge in [-0.1, -0.05) is 18.6 Å². The molecular formula is C32H37F3N6O3. The lowest BCUT2D eigenvalue weighted by Crippen LogP contribution is -2.41. The number of imidazole rings is 1. The number of piperidine rings is 1. The minimum atomic E-state index is -4.67. The molecule has 234 valence electrons. The fourth-order valence-corrected chi connectivity index (χ4v) is 6.41. The molecule has 0 radical (unpaired) electrons. The van der Waals surface area contributed by atoms with Crippen molar-refractivity contribution in [2.24, 2.45) is 13.0 Å². The molecule has 1 aliphatic heterocycles. The molecule has 3 aromatic heterocycles. The van der Waals surface area contributed by atoms with Gasteiger partial charge in [0.15, 0.2) is 0 Å². The lowest BCUT2D eigenvalue weighted by atomic mass is 9.72. The van der Waals surface area contributed by atoms with E-state index in [2.05, 4.69) is 10.2 Å². The zero-order valence-corrected chi connectivity index (χ0v) is 25.3. The molecule has 12 heteroatoms. The molecule has 44 heavy (non-hydrogen) atoms. The number of aromatic nitrogens is 5. The van der Waals surface area contributed by atoms with Crippen molar-refractivity contribution in [3.63, 3.8) is 0 Å². The van der Waals surface area contributed by atoms with Crippen LogP contribution < -0.4 is 5.69 Å². The van der Waals surface area contributed by atoms with Crippen LogP contribution in [0.15, 0.2) is 53.8 Å². The molecule has 4 aromatic rings. The van der Waals surface area contributed by atoms with E-state index in [1.165, 1.54) is 17.0 Å². The van der Waals surface area contributed by atoms with E-state index in [0.717, 1.165) is 41.1 Å². The number of fused-ring (bicyclic) bond motifs is 1. The Kier molecular flexibility index (Phi) is 7.57. The molecule has 0 N–H and O–H groups in total. The topological polar surface area (TPSA) is 86.7 Å². The van der Waals surface area contributed by atoms with Crippen molar-refractivity contribution >= 4 is 11.6 Å². The van der Waals surface area contributed by atoms with Crippen LogP contribution in [0.5, 0.6) is 0 Å². The molecule has 6 rings (SSSR count). The van der Waals surface area contributed by atoms with Crippen LogP contribution in [0.3, 0.4) is 0 Å². The molecule has 1 saturated carbocycles. The van der Waals surface area contributed by atoms with Crippen LogP contribution in [0, 0.1) is 5.92 Å². The first-order valence-corrected chi connectivity index (χ1v) is 15.1. The van der Waals surface area contributed by atoms with Crippen molar-refractivity contribution in [3.8, 4) is 5.69 Å². The number of nitrogens with zero attached hydrogens (tertiary/aromatic N) is 6. The molecule has 9 nitrogen and oxygen atoms in total. The summed E-state index contributed by atoms with van der Waals surface area (Å²) in [6.07, 6.45) is 3.51. The highest BCUT2D eigenvalue weighted by Crippen LogP contribution is 2.43. The molecule has 1 saturated heterocycles. The van der Waals surface area contributed by atoms with E-state index < -0.39 is 29.1 Å². The molecule has 0 bridgehead atoms. The largest absolute Gasteiger partial charge is 0.444 e. The second-order valence-corrected chi connectivity index (χ2v) is 13.0. The monoisotopic (exact) mass is 610 g/mol. The van der Waals surface area contributed by atoms with Gasteiger partial charge in [-0.25, -0.2) is 9.59 Å². The number of pyridine rings is 1. The third-order valence-corrected chi connectivity index (χ3v) is 8.86. The SMILES string of the molecule is Cn1cnnc1[C@@H](c1cccc(-n2cc3c(C(F)(F)F)cc(C4CCN(C(=O)OC(C)(C)C)CC4)cn3c2=O)c1)C1CCC1. The van der Waals surface area contributed by atoms with Gasteiger partial charge in [0.25, 0.3) is 0 Å². The van der Waals surface area contributed by atoms with E-state index in [0.29, 0.717) is 43.1 Å². The van der Waals surface area contributed by atoms with Crippen LogP contribution in [0.1, 0.15) is 87.2 Å². The Morgan fingerprint density at radius 1 is 1.05 bits per heavy atom. The first-order chi connectivity index (χ1) is 20.8. The maximum atomic E-state index is 14.4. The highest BCUT2D eigenvalue weighted by molar-refractivity contribution is 5.68. The summed E-state index contributed by atoms with van der Waals surface area (Å²) < 4.78 is 53.0. The number of amides is 1. The first kappa shape index (κ1) is 30.0. The number of rotatable bonds is 5. The van der Waals surface area contributed by atoms with Gasteiger partial charge in [0.2, 0.25) is 0 Å². The number of aryl methyl sites for hydroxylation is 1. The van der Waals surface area contributed by atoms with Gasteiger partial charge in [0.1, 0.15) is 17.8 Å². The van der Waals surface area contributed by atoms with Crippen LogP contribution >= 0.6 is 0 Å². The Balaban J connectivity index is 1.35. The zero-order valence-electron chi connectivity index (χ0n) is 25.3. The molecular weight excluding hydrogens is 573 g/mol. The standard InChI is InChI=1S/C32H37F3N6O3/c1-31(2,3)44-30(43)39-13-11-20(12-14-39)23-16-25(32(33,34)35)26-18-40(29(42)41(26)17-23)24-10-6-9-22(15-24)27(21-7-5-8-21)28-37-36-19-38(28)4/h6,9-10,15-21,27H,5,7-8,11-14H2,1-4H3/t27-/m1/s1. The van der Waals surface area contributed by atoms with E-state index >= 15 is 0 Å². The van der Waals surface area contributed by atoms with Gasteiger partial charge in [-0.2, -0.15) is 13.2 Å². The van der Waals surface area contributed by atoms with Gasteiger partial charge in [-0.3, -0.25) is 8.97 Å². The summed E-state index contributed by atoms with van der Waals surface area (Å²) in [5.41, 5.74) is -0.414. The predicted molar refractivity (Wildman–Crippen MR) is 158 cm³/mol. The summed E-state index contributed by atoms with van der Waals surface area (Å²) in [5.74, 6) is 0.919. The van der Waals surface area contributed by atoms with E-state index in [1.807, 2.05) is 29.8 Å². The number of hydrogen-bond acceptors (Lipinski definition) is 5. The minimum Gasteiger partial charge on any atom is -0.444 e. The summed E-state index contributed by atoms with van der Waals surface area (Å²) >= 11 is 0. The van der Waals surface area contributed by atoms with Gasteiger partial charge in [0.05, 0.1) is 16.8 Å². The quantitative estimate of drug-likeness (QED) is 0.265. The van der Waals surface area contributed by atoms with E-state index in [-0.39, 0.29) is 17.4 Å². The van der Waals surface area contributed by atoms with Gasteiger partial charge in [-0.15, -0.1) is 10.2 Å². The van der Waals surface area contributed by atoms with E-state index in [9.17, 15) is 22.8 Å². The summed E-state index contributed by atoms with van der Waals surface area (Å²) in [6.45, 7) is 6.08. The third kappa shape index (κ3) is 5.73. The number of halogens is 3. The van der Waals surface area contributed by atoms with Crippen molar-refractivity contribution in [3.05, 3.63) is 82.1 Å². The minimum absolute atomic E-state index is 0.0344. The van der Waals surface area contributed by atoms with Crippen molar-refractivity contribution < 1.29 is 22.7 Å². The molecule has 0 unspecified atom stereocenters. The fourth-order valence-electron chi connectivity index (χ4n) is 6.41. The Morgan fingerprint density at radius 2 is 1.77 bits per heavy atom. The Bertz CT molecular complexity index is 1740. The highest BCUT2D eigenvalue weighted by Gasteiger charge is 2.37. The van der Waals surface area contributed by atoms with Crippen molar-refractivity contribution in [2.45, 2.75) is 76.5 Å². The average Bonchev–Trinajstić information content (AvgIpc) is 3.51. The molecule has 2 fully saturated rings. The fraction of sp³-hybridized carbons (Fsp3) is 0.500. The molecule has 1 amide bonds. The summed E-state index contributed by atoms with van der Waals surface area (Å²) in [5, 5.41) is 8.42. The number of likely N-dealkylation sites (tertiary alicyclic amines) is 1. The van der Waals surface area contributed by atoms with Crippen LogP contribution in [0.4, 0.5) is 18.0 Å². The van der Waals surface area contributed by atoms with Crippen LogP contribution in [0.2, 0.25) is 0 Å². The van der Waals surface area contributed by atoms with Gasteiger partial charge in [0, 0.05) is 38.4 Å². The van der Waals surface area contributed by atoms with Crippen molar-refractivity contribution in [1.82, 2.24) is 28.6 Å². The highest BCUT2D eigenvalue weighted by atomic mass is 19.4. The lowest BCUT2D eigenvalue weighted by molar-refractivity contribution is -0.136. The smallest absolute Gasteiger partial charge is 0.418 e.